The average Bonchev–Trinajstić information content (AvgIpc) is 2.15. The Hall–Kier alpha value is -1.69. The highest BCUT2D eigenvalue weighted by molar-refractivity contribution is 6.29. The molecule has 0 saturated carbocycles. The van der Waals surface area contributed by atoms with E-state index in [0.29, 0.717) is 0 Å². The van der Waals surface area contributed by atoms with Crippen molar-refractivity contribution in [3.8, 4) is 0 Å². The number of carboxylic acid groups (broad SMARTS) is 1. The predicted molar refractivity (Wildman–Crippen MR) is 52.7 cm³/mol. The van der Waals surface area contributed by atoms with Crippen LogP contribution in [-0.2, 0) is 9.59 Å². The molecule has 0 atom stereocenters. The molecular weight excluding hydrogens is 222 g/mol. The lowest BCUT2D eigenvalue weighted by atomic mass is 10.4. The zero-order valence-corrected chi connectivity index (χ0v) is 8.60. The molecule has 0 unspecified atom stereocenters. The van der Waals surface area contributed by atoms with Gasteiger partial charge in [0.15, 0.2) is 11.0 Å². The Kier molecular flexibility index (Phi) is 3.56. The molecule has 1 N–H and O–H groups in total. The first-order valence-corrected chi connectivity index (χ1v) is 4.37. The summed E-state index contributed by atoms with van der Waals surface area (Å²) in [5.41, 5.74) is 0. The second-order valence-corrected chi connectivity index (χ2v) is 3.10. The van der Waals surface area contributed by atoms with Crippen molar-refractivity contribution < 1.29 is 14.7 Å². The summed E-state index contributed by atoms with van der Waals surface area (Å²) in [6.07, 6.45) is 0. The summed E-state index contributed by atoms with van der Waals surface area (Å²) in [6, 6.07) is 2.86. The number of carboxylic acids is 1. The molecule has 80 valence electrons. The van der Waals surface area contributed by atoms with Gasteiger partial charge in [0.1, 0.15) is 6.54 Å². The van der Waals surface area contributed by atoms with Gasteiger partial charge in [-0.3, -0.25) is 14.5 Å². The van der Waals surface area contributed by atoms with Crippen molar-refractivity contribution in [2.24, 2.45) is 0 Å². The van der Waals surface area contributed by atoms with Crippen LogP contribution in [0.2, 0.25) is 5.15 Å². The van der Waals surface area contributed by atoms with E-state index in [9.17, 15) is 9.59 Å². The number of aromatic nitrogens is 2. The molecule has 1 heterocycles. The van der Waals surface area contributed by atoms with Gasteiger partial charge in [-0.15, -0.1) is 10.2 Å². The maximum Gasteiger partial charge on any atom is 0.323 e. The SMILES string of the molecule is CC(=O)N(CC(=O)O)c1ccc(Cl)nn1. The van der Waals surface area contributed by atoms with Gasteiger partial charge in [0.2, 0.25) is 5.91 Å². The lowest BCUT2D eigenvalue weighted by Crippen LogP contribution is -2.34. The molecular formula is C8H8ClN3O3. The van der Waals surface area contributed by atoms with Gasteiger partial charge in [0.05, 0.1) is 0 Å². The minimum atomic E-state index is -1.12. The smallest absolute Gasteiger partial charge is 0.323 e. The Morgan fingerprint density at radius 3 is 2.53 bits per heavy atom. The molecule has 1 rings (SSSR count). The standard InChI is InChI=1S/C8H8ClN3O3/c1-5(13)12(4-8(14)15)7-3-2-6(9)10-11-7/h2-3H,4H2,1H3,(H,14,15). The van der Waals surface area contributed by atoms with Crippen LogP contribution in [0.5, 0.6) is 0 Å². The summed E-state index contributed by atoms with van der Waals surface area (Å²) >= 11 is 5.51. The number of hydrogen-bond donors (Lipinski definition) is 1. The largest absolute Gasteiger partial charge is 0.480 e. The number of carbonyl (C=O) groups is 2. The zero-order valence-electron chi connectivity index (χ0n) is 7.85. The zero-order chi connectivity index (χ0) is 11.4. The van der Waals surface area contributed by atoms with Crippen LogP contribution in [0.1, 0.15) is 6.92 Å². The second-order valence-electron chi connectivity index (χ2n) is 2.71. The number of carbonyl (C=O) groups excluding carboxylic acids is 1. The van der Waals surface area contributed by atoms with E-state index < -0.39 is 18.4 Å². The van der Waals surface area contributed by atoms with Gasteiger partial charge in [-0.25, -0.2) is 0 Å². The first-order valence-electron chi connectivity index (χ1n) is 4.00. The third kappa shape index (κ3) is 3.17. The van der Waals surface area contributed by atoms with Gasteiger partial charge in [0.25, 0.3) is 0 Å². The summed E-state index contributed by atoms with van der Waals surface area (Å²) in [7, 11) is 0. The van der Waals surface area contributed by atoms with E-state index in [1.807, 2.05) is 0 Å². The first-order chi connectivity index (χ1) is 7.00. The molecule has 0 radical (unpaired) electrons. The van der Waals surface area contributed by atoms with Crippen LogP contribution in [0.4, 0.5) is 5.82 Å². The van der Waals surface area contributed by atoms with Gasteiger partial charge < -0.3 is 5.11 Å². The summed E-state index contributed by atoms with van der Waals surface area (Å²) in [5, 5.41) is 15.9. The average molecular weight is 230 g/mol. The second kappa shape index (κ2) is 4.70. The van der Waals surface area contributed by atoms with E-state index in [0.717, 1.165) is 4.90 Å². The van der Waals surface area contributed by atoms with Crippen LogP contribution in [0, 0.1) is 0 Å². The molecule has 0 aliphatic carbocycles. The lowest BCUT2D eigenvalue weighted by molar-refractivity contribution is -0.136. The molecule has 0 aromatic carbocycles. The van der Waals surface area contributed by atoms with Gasteiger partial charge in [-0.2, -0.15) is 0 Å². The van der Waals surface area contributed by atoms with Crippen LogP contribution in [0.15, 0.2) is 12.1 Å². The van der Waals surface area contributed by atoms with Gasteiger partial charge in [-0.05, 0) is 12.1 Å². The van der Waals surface area contributed by atoms with Gasteiger partial charge in [-0.1, -0.05) is 11.6 Å². The highest BCUT2D eigenvalue weighted by atomic mass is 35.5. The number of amides is 1. The Morgan fingerprint density at radius 2 is 2.13 bits per heavy atom. The van der Waals surface area contributed by atoms with E-state index in [1.54, 1.807) is 0 Å². The van der Waals surface area contributed by atoms with E-state index in [4.69, 9.17) is 16.7 Å². The monoisotopic (exact) mass is 229 g/mol. The molecule has 0 aliphatic heterocycles. The third-order valence-electron chi connectivity index (χ3n) is 1.57. The van der Waals surface area contributed by atoms with E-state index in [-0.39, 0.29) is 11.0 Å². The van der Waals surface area contributed by atoms with Gasteiger partial charge >= 0.3 is 5.97 Å². The van der Waals surface area contributed by atoms with Crippen molar-refractivity contribution in [2.75, 3.05) is 11.4 Å². The van der Waals surface area contributed by atoms with E-state index in [1.165, 1.54) is 19.1 Å². The molecule has 0 fully saturated rings. The molecule has 7 heteroatoms. The summed E-state index contributed by atoms with van der Waals surface area (Å²) in [5.74, 6) is -1.38. The van der Waals surface area contributed by atoms with Crippen molar-refractivity contribution in [3.63, 3.8) is 0 Å². The molecule has 1 aromatic rings. The molecule has 0 saturated heterocycles. The van der Waals surface area contributed by atoms with Crippen molar-refractivity contribution in [1.29, 1.82) is 0 Å². The number of nitrogens with zero attached hydrogens (tertiary/aromatic N) is 3. The fourth-order valence-electron chi connectivity index (χ4n) is 0.942. The predicted octanol–water partition coefficient (Wildman–Crippen LogP) is 0.567. The Labute approximate surface area is 90.5 Å². The topological polar surface area (TPSA) is 83.4 Å². The third-order valence-corrected chi connectivity index (χ3v) is 1.77. The minimum absolute atomic E-state index is 0.161. The van der Waals surface area contributed by atoms with E-state index in [2.05, 4.69) is 10.2 Å². The molecule has 6 nitrogen and oxygen atoms in total. The molecule has 15 heavy (non-hydrogen) atoms. The molecule has 0 spiro atoms. The number of halogens is 1. The van der Waals surface area contributed by atoms with Crippen molar-refractivity contribution in [1.82, 2.24) is 10.2 Å². The summed E-state index contributed by atoms with van der Waals surface area (Å²) in [6.45, 7) is 0.797. The van der Waals surface area contributed by atoms with Crippen molar-refractivity contribution in [2.45, 2.75) is 6.92 Å². The quantitative estimate of drug-likeness (QED) is 0.819. The number of hydrogen-bond acceptors (Lipinski definition) is 4. The normalized spacial score (nSPS) is 9.73. The highest BCUT2D eigenvalue weighted by Gasteiger charge is 2.16. The van der Waals surface area contributed by atoms with Gasteiger partial charge in [0, 0.05) is 6.92 Å². The molecule has 0 bridgehead atoms. The number of anilines is 1. The van der Waals surface area contributed by atoms with Crippen LogP contribution in [0.3, 0.4) is 0 Å². The molecule has 0 aliphatic rings. The van der Waals surface area contributed by atoms with Crippen LogP contribution < -0.4 is 4.90 Å². The maximum absolute atomic E-state index is 11.1. The Balaban J connectivity index is 2.94. The number of aliphatic carboxylic acids is 1. The minimum Gasteiger partial charge on any atom is -0.480 e. The van der Waals surface area contributed by atoms with Crippen LogP contribution in [-0.4, -0.2) is 33.7 Å². The van der Waals surface area contributed by atoms with E-state index >= 15 is 0 Å². The Bertz CT molecular complexity index is 379. The lowest BCUT2D eigenvalue weighted by Gasteiger charge is -2.16. The fourth-order valence-corrected chi connectivity index (χ4v) is 1.04. The summed E-state index contributed by atoms with van der Waals surface area (Å²) < 4.78 is 0. The van der Waals surface area contributed by atoms with Crippen LogP contribution in [0.25, 0.3) is 0 Å². The molecule has 1 amide bonds. The van der Waals surface area contributed by atoms with Crippen molar-refractivity contribution >= 4 is 29.3 Å². The van der Waals surface area contributed by atoms with Crippen molar-refractivity contribution in [3.05, 3.63) is 17.3 Å². The molecule has 1 aromatic heterocycles. The summed E-state index contributed by atoms with van der Waals surface area (Å²) in [4.78, 5) is 22.6. The first kappa shape index (κ1) is 11.4. The van der Waals surface area contributed by atoms with Crippen LogP contribution >= 0.6 is 11.6 Å². The number of rotatable bonds is 3. The highest BCUT2D eigenvalue weighted by Crippen LogP contribution is 2.11. The Morgan fingerprint density at radius 1 is 1.47 bits per heavy atom. The fraction of sp³-hybridized carbons (Fsp3) is 0.250. The maximum atomic E-state index is 11.1.